The lowest BCUT2D eigenvalue weighted by atomic mass is 10.1. The fraction of sp³-hybridized carbons (Fsp3) is 0.235. The fourth-order valence-corrected chi connectivity index (χ4v) is 4.32. The summed E-state index contributed by atoms with van der Waals surface area (Å²) in [5, 5.41) is 0. The second-order valence-corrected chi connectivity index (χ2v) is 7.42. The highest BCUT2D eigenvalue weighted by Crippen LogP contribution is 2.34. The van der Waals surface area contributed by atoms with E-state index in [0.29, 0.717) is 0 Å². The SMILES string of the molecule is Cc1ccc(S(=O)(=O)N2CC(=O)C[C@H]2c2ccccc2)cc1. The maximum Gasteiger partial charge on any atom is 0.244 e. The number of carbonyl (C=O) groups excluding carboxylic acids is 1. The smallest absolute Gasteiger partial charge is 0.244 e. The average molecular weight is 315 g/mol. The molecule has 1 heterocycles. The Morgan fingerprint density at radius 2 is 1.64 bits per heavy atom. The van der Waals surface area contributed by atoms with E-state index in [1.165, 1.54) is 4.31 Å². The molecule has 4 nitrogen and oxygen atoms in total. The standard InChI is InChI=1S/C17H17NO3S/c1-13-7-9-16(10-8-13)22(20,21)18-12-15(19)11-17(18)14-5-3-2-4-6-14/h2-10,17H,11-12H2,1H3/t17-/m0/s1. The predicted molar refractivity (Wildman–Crippen MR) is 83.9 cm³/mol. The largest absolute Gasteiger partial charge is 0.298 e. The summed E-state index contributed by atoms with van der Waals surface area (Å²) in [7, 11) is -3.67. The molecule has 2 aromatic carbocycles. The number of carbonyl (C=O) groups is 1. The van der Waals surface area contributed by atoms with Gasteiger partial charge in [0.15, 0.2) is 0 Å². The third-order valence-corrected chi connectivity index (χ3v) is 5.78. The third-order valence-electron chi connectivity index (χ3n) is 3.91. The van der Waals surface area contributed by atoms with Crippen molar-refractivity contribution in [2.24, 2.45) is 0 Å². The Labute approximate surface area is 130 Å². The molecular weight excluding hydrogens is 298 g/mol. The quantitative estimate of drug-likeness (QED) is 0.875. The summed E-state index contributed by atoms with van der Waals surface area (Å²) in [5.74, 6) is -0.0514. The Bertz CT molecular complexity index is 782. The molecule has 0 N–H and O–H groups in total. The molecule has 0 aliphatic carbocycles. The van der Waals surface area contributed by atoms with Crippen LogP contribution >= 0.6 is 0 Å². The first-order valence-electron chi connectivity index (χ1n) is 7.13. The Morgan fingerprint density at radius 3 is 2.27 bits per heavy atom. The molecule has 0 saturated carbocycles. The van der Waals surface area contributed by atoms with Gasteiger partial charge in [0.1, 0.15) is 5.78 Å². The lowest BCUT2D eigenvalue weighted by Crippen LogP contribution is -2.31. The number of benzene rings is 2. The number of Topliss-reactive ketones (excluding diaryl/α,β-unsaturated/α-hetero) is 1. The van der Waals surface area contributed by atoms with Gasteiger partial charge in [-0.3, -0.25) is 4.79 Å². The van der Waals surface area contributed by atoms with Crippen LogP contribution in [0.25, 0.3) is 0 Å². The number of nitrogens with zero attached hydrogens (tertiary/aromatic N) is 1. The molecule has 3 rings (SSSR count). The minimum absolute atomic E-state index is 0.0514. The zero-order valence-electron chi connectivity index (χ0n) is 12.3. The molecule has 1 atom stereocenters. The van der Waals surface area contributed by atoms with Gasteiger partial charge in [-0.25, -0.2) is 8.42 Å². The second kappa shape index (κ2) is 5.66. The van der Waals surface area contributed by atoms with Crippen molar-refractivity contribution in [2.45, 2.75) is 24.3 Å². The molecule has 5 heteroatoms. The molecule has 0 aromatic heterocycles. The van der Waals surface area contributed by atoms with E-state index in [1.54, 1.807) is 24.3 Å². The monoisotopic (exact) mass is 315 g/mol. The summed E-state index contributed by atoms with van der Waals surface area (Å²) >= 11 is 0. The molecule has 0 radical (unpaired) electrons. The summed E-state index contributed by atoms with van der Waals surface area (Å²) in [6.07, 6.45) is 0.231. The van der Waals surface area contributed by atoms with Crippen LogP contribution in [-0.4, -0.2) is 25.1 Å². The number of ketones is 1. The number of sulfonamides is 1. The van der Waals surface area contributed by atoms with Crippen molar-refractivity contribution in [3.05, 3.63) is 65.7 Å². The van der Waals surface area contributed by atoms with Gasteiger partial charge in [0.05, 0.1) is 17.5 Å². The van der Waals surface area contributed by atoms with Crippen LogP contribution in [0.1, 0.15) is 23.6 Å². The van der Waals surface area contributed by atoms with Crippen molar-refractivity contribution in [2.75, 3.05) is 6.54 Å². The molecule has 0 bridgehead atoms. The van der Waals surface area contributed by atoms with Crippen molar-refractivity contribution in [3.63, 3.8) is 0 Å². The van der Waals surface area contributed by atoms with E-state index in [1.807, 2.05) is 37.3 Å². The summed E-state index contributed by atoms with van der Waals surface area (Å²) < 4.78 is 27.0. The van der Waals surface area contributed by atoms with Crippen molar-refractivity contribution < 1.29 is 13.2 Å². The van der Waals surface area contributed by atoms with E-state index < -0.39 is 16.1 Å². The van der Waals surface area contributed by atoms with Gasteiger partial charge in [0, 0.05) is 6.42 Å². The van der Waals surface area contributed by atoms with Crippen LogP contribution in [0.4, 0.5) is 0 Å². The molecule has 0 spiro atoms. The molecule has 1 aliphatic heterocycles. The van der Waals surface area contributed by atoms with Crippen LogP contribution in [-0.2, 0) is 14.8 Å². The van der Waals surface area contributed by atoms with Gasteiger partial charge in [0.25, 0.3) is 0 Å². The van der Waals surface area contributed by atoms with E-state index in [-0.39, 0.29) is 23.6 Å². The lowest BCUT2D eigenvalue weighted by Gasteiger charge is -2.23. The van der Waals surface area contributed by atoms with Gasteiger partial charge >= 0.3 is 0 Å². The van der Waals surface area contributed by atoms with E-state index in [4.69, 9.17) is 0 Å². The molecule has 22 heavy (non-hydrogen) atoms. The van der Waals surface area contributed by atoms with Crippen LogP contribution in [0.5, 0.6) is 0 Å². The normalized spacial score (nSPS) is 19.5. The second-order valence-electron chi connectivity index (χ2n) is 5.53. The van der Waals surface area contributed by atoms with Gasteiger partial charge in [-0.2, -0.15) is 4.31 Å². The van der Waals surface area contributed by atoms with Gasteiger partial charge in [0.2, 0.25) is 10.0 Å². The fourth-order valence-electron chi connectivity index (χ4n) is 2.72. The zero-order chi connectivity index (χ0) is 15.7. The van der Waals surface area contributed by atoms with Crippen molar-refractivity contribution in [1.29, 1.82) is 0 Å². The van der Waals surface area contributed by atoms with Gasteiger partial charge in [-0.15, -0.1) is 0 Å². The number of aryl methyl sites for hydroxylation is 1. The summed E-state index contributed by atoms with van der Waals surface area (Å²) in [4.78, 5) is 12.1. The third kappa shape index (κ3) is 2.69. The molecule has 1 saturated heterocycles. The van der Waals surface area contributed by atoms with E-state index in [2.05, 4.69) is 0 Å². The number of hydrogen-bond acceptors (Lipinski definition) is 3. The summed E-state index contributed by atoms with van der Waals surface area (Å²) in [6.45, 7) is 1.85. The topological polar surface area (TPSA) is 54.5 Å². The molecule has 1 fully saturated rings. The minimum Gasteiger partial charge on any atom is -0.298 e. The highest BCUT2D eigenvalue weighted by atomic mass is 32.2. The molecule has 2 aromatic rings. The van der Waals surface area contributed by atoms with E-state index >= 15 is 0 Å². The van der Waals surface area contributed by atoms with Crippen molar-refractivity contribution in [3.8, 4) is 0 Å². The van der Waals surface area contributed by atoms with Gasteiger partial charge in [-0.1, -0.05) is 48.0 Å². The lowest BCUT2D eigenvalue weighted by molar-refractivity contribution is -0.116. The molecular formula is C17H17NO3S. The van der Waals surface area contributed by atoms with Crippen molar-refractivity contribution in [1.82, 2.24) is 4.31 Å². The first-order chi connectivity index (χ1) is 10.5. The first-order valence-corrected chi connectivity index (χ1v) is 8.57. The highest BCUT2D eigenvalue weighted by Gasteiger charge is 2.40. The maximum atomic E-state index is 12.8. The summed E-state index contributed by atoms with van der Waals surface area (Å²) in [5.41, 5.74) is 1.85. The average Bonchev–Trinajstić information content (AvgIpc) is 2.91. The minimum atomic E-state index is -3.67. The maximum absolute atomic E-state index is 12.8. The van der Waals surface area contributed by atoms with E-state index in [9.17, 15) is 13.2 Å². The van der Waals surface area contributed by atoms with E-state index in [0.717, 1.165) is 11.1 Å². The first kappa shape index (κ1) is 14.9. The molecule has 0 amide bonds. The Morgan fingerprint density at radius 1 is 1.00 bits per heavy atom. The highest BCUT2D eigenvalue weighted by molar-refractivity contribution is 7.89. The summed E-state index contributed by atoms with van der Waals surface area (Å²) in [6, 6.07) is 15.6. The van der Waals surface area contributed by atoms with Crippen molar-refractivity contribution >= 4 is 15.8 Å². The van der Waals surface area contributed by atoms with Crippen LogP contribution in [0.2, 0.25) is 0 Å². The van der Waals surface area contributed by atoms with Gasteiger partial charge in [-0.05, 0) is 24.6 Å². The zero-order valence-corrected chi connectivity index (χ0v) is 13.1. The predicted octanol–water partition coefficient (Wildman–Crippen LogP) is 2.70. The van der Waals surface area contributed by atoms with Gasteiger partial charge < -0.3 is 0 Å². The van der Waals surface area contributed by atoms with Crippen LogP contribution in [0.3, 0.4) is 0 Å². The number of rotatable bonds is 3. The Kier molecular flexibility index (Phi) is 3.85. The Hall–Kier alpha value is -1.98. The Balaban J connectivity index is 2.01. The van der Waals surface area contributed by atoms with Crippen LogP contribution < -0.4 is 0 Å². The molecule has 114 valence electrons. The molecule has 1 aliphatic rings. The number of hydrogen-bond donors (Lipinski definition) is 0. The van der Waals surface area contributed by atoms with Crippen LogP contribution in [0.15, 0.2) is 59.5 Å². The molecule has 0 unspecified atom stereocenters. The van der Waals surface area contributed by atoms with Crippen LogP contribution in [0, 0.1) is 6.92 Å².